The fourth-order valence-corrected chi connectivity index (χ4v) is 4.60. The first kappa shape index (κ1) is 22.3. The highest BCUT2D eigenvalue weighted by Crippen LogP contribution is 2.23. The maximum absolute atomic E-state index is 12.9. The molecule has 32 heavy (non-hydrogen) atoms. The zero-order chi connectivity index (χ0) is 22.5. The van der Waals surface area contributed by atoms with Crippen molar-refractivity contribution in [2.75, 3.05) is 18.4 Å². The van der Waals surface area contributed by atoms with Crippen LogP contribution in [0.4, 0.5) is 5.69 Å². The van der Waals surface area contributed by atoms with Crippen LogP contribution in [0.2, 0.25) is 5.02 Å². The molecule has 1 aliphatic rings. The Morgan fingerprint density at radius 2 is 1.88 bits per heavy atom. The number of nitrogens with zero attached hydrogens (tertiary/aromatic N) is 2. The zero-order valence-corrected chi connectivity index (χ0v) is 19.3. The molecule has 166 valence electrons. The molecule has 0 saturated carbocycles. The quantitative estimate of drug-likeness (QED) is 0.512. The number of carbonyl (C=O) groups excluding carboxylic acids is 2. The first-order chi connectivity index (χ1) is 15.5. The molecule has 3 aromatic rings. The molecule has 0 atom stereocenters. The second-order valence-corrected chi connectivity index (χ2v) is 9.17. The smallest absolute Gasteiger partial charge is 0.267 e. The molecule has 8 heteroatoms. The van der Waals surface area contributed by atoms with Crippen molar-refractivity contribution in [2.24, 2.45) is 0 Å². The van der Waals surface area contributed by atoms with Gasteiger partial charge in [-0.25, -0.2) is 4.98 Å². The molecule has 1 saturated heterocycles. The number of thiazole rings is 1. The molecule has 1 fully saturated rings. The van der Waals surface area contributed by atoms with Gasteiger partial charge in [0.25, 0.3) is 11.8 Å². The number of nitrogens with one attached hydrogen (secondary N) is 1. The molecule has 0 bridgehead atoms. The van der Waals surface area contributed by atoms with Gasteiger partial charge in [0.05, 0.1) is 5.69 Å². The number of piperidine rings is 1. The number of amides is 2. The van der Waals surface area contributed by atoms with E-state index in [2.05, 4.69) is 10.3 Å². The Bertz CT molecular complexity index is 1110. The van der Waals surface area contributed by atoms with Crippen molar-refractivity contribution in [3.05, 3.63) is 74.7 Å². The third-order valence-electron chi connectivity index (χ3n) is 5.23. The maximum Gasteiger partial charge on any atom is 0.267 e. The number of aryl methyl sites for hydroxylation is 1. The molecule has 2 aromatic carbocycles. The summed E-state index contributed by atoms with van der Waals surface area (Å²) in [6.07, 6.45) is 3.24. The summed E-state index contributed by atoms with van der Waals surface area (Å²) in [5, 5.41) is 4.24. The molecule has 0 radical (unpaired) electrons. The molecule has 6 nitrogen and oxygen atoms in total. The van der Waals surface area contributed by atoms with Crippen LogP contribution in [0, 0.1) is 6.92 Å². The minimum absolute atomic E-state index is 0.0106. The predicted octanol–water partition coefficient (Wildman–Crippen LogP) is 5.56. The van der Waals surface area contributed by atoms with E-state index in [-0.39, 0.29) is 18.4 Å². The van der Waals surface area contributed by atoms with E-state index in [1.807, 2.05) is 4.90 Å². The number of likely N-dealkylation sites (tertiary alicyclic amines) is 1. The van der Waals surface area contributed by atoms with Crippen molar-refractivity contribution >= 4 is 40.4 Å². The summed E-state index contributed by atoms with van der Waals surface area (Å²) in [6, 6.07) is 14.2. The standard InChI is InChI=1S/C24H24ClN3O3S/c1-16-22(32-21(26-16)15-31-20-10-8-18(25)9-11-20)23(29)27-19-7-5-6-17(14-19)24(30)28-12-3-2-4-13-28/h5-11,14H,2-4,12-13,15H2,1H3,(H,27,29). The average molecular weight is 470 g/mol. The summed E-state index contributed by atoms with van der Waals surface area (Å²) >= 11 is 7.18. The summed E-state index contributed by atoms with van der Waals surface area (Å²) in [5.74, 6) is 0.445. The molecule has 1 aliphatic heterocycles. The van der Waals surface area contributed by atoms with Gasteiger partial charge in [0.1, 0.15) is 22.2 Å². The Morgan fingerprint density at radius 1 is 1.12 bits per heavy atom. The topological polar surface area (TPSA) is 71.5 Å². The summed E-state index contributed by atoms with van der Waals surface area (Å²) in [4.78, 5) is 32.5. The van der Waals surface area contributed by atoms with E-state index < -0.39 is 0 Å². The van der Waals surface area contributed by atoms with Crippen LogP contribution in [-0.2, 0) is 6.61 Å². The van der Waals surface area contributed by atoms with E-state index in [1.165, 1.54) is 17.8 Å². The van der Waals surface area contributed by atoms with Gasteiger partial charge in [-0.05, 0) is 68.7 Å². The van der Waals surface area contributed by atoms with Gasteiger partial charge in [0.15, 0.2) is 0 Å². The highest BCUT2D eigenvalue weighted by molar-refractivity contribution is 7.13. The highest BCUT2D eigenvalue weighted by Gasteiger charge is 2.20. The minimum Gasteiger partial charge on any atom is -0.486 e. The molecule has 1 aromatic heterocycles. The van der Waals surface area contributed by atoms with Crippen LogP contribution in [0.5, 0.6) is 5.75 Å². The van der Waals surface area contributed by atoms with E-state index in [1.54, 1.807) is 55.5 Å². The Labute approximate surface area is 196 Å². The number of halogens is 1. The Hall–Kier alpha value is -2.90. The second-order valence-electron chi connectivity index (χ2n) is 7.65. The van der Waals surface area contributed by atoms with Crippen molar-refractivity contribution in [1.29, 1.82) is 0 Å². The highest BCUT2D eigenvalue weighted by atomic mass is 35.5. The van der Waals surface area contributed by atoms with E-state index >= 15 is 0 Å². The summed E-state index contributed by atoms with van der Waals surface area (Å²) in [6.45, 7) is 3.64. The van der Waals surface area contributed by atoms with Crippen LogP contribution in [0.1, 0.15) is 50.0 Å². The Morgan fingerprint density at radius 3 is 2.62 bits per heavy atom. The van der Waals surface area contributed by atoms with Crippen molar-refractivity contribution in [3.8, 4) is 5.75 Å². The molecule has 1 N–H and O–H groups in total. The van der Waals surface area contributed by atoms with Gasteiger partial charge in [-0.1, -0.05) is 17.7 Å². The van der Waals surface area contributed by atoms with Crippen molar-refractivity contribution < 1.29 is 14.3 Å². The lowest BCUT2D eigenvalue weighted by Crippen LogP contribution is -2.35. The van der Waals surface area contributed by atoms with Crippen LogP contribution in [0.25, 0.3) is 0 Å². The Balaban J connectivity index is 1.40. The van der Waals surface area contributed by atoms with Gasteiger partial charge in [0.2, 0.25) is 0 Å². The lowest BCUT2D eigenvalue weighted by Gasteiger charge is -2.26. The van der Waals surface area contributed by atoms with Gasteiger partial charge >= 0.3 is 0 Å². The van der Waals surface area contributed by atoms with E-state index in [0.717, 1.165) is 25.9 Å². The van der Waals surface area contributed by atoms with Gasteiger partial charge in [-0.3, -0.25) is 9.59 Å². The van der Waals surface area contributed by atoms with E-state index in [9.17, 15) is 9.59 Å². The van der Waals surface area contributed by atoms with Gasteiger partial charge in [-0.2, -0.15) is 0 Å². The Kier molecular flexibility index (Phi) is 7.07. The molecule has 0 spiro atoms. The van der Waals surface area contributed by atoms with Crippen molar-refractivity contribution in [3.63, 3.8) is 0 Å². The van der Waals surface area contributed by atoms with Crippen molar-refractivity contribution in [1.82, 2.24) is 9.88 Å². The SMILES string of the molecule is Cc1nc(COc2ccc(Cl)cc2)sc1C(=O)Nc1cccc(C(=O)N2CCCCC2)c1. The number of benzene rings is 2. The zero-order valence-electron chi connectivity index (χ0n) is 17.8. The summed E-state index contributed by atoms with van der Waals surface area (Å²) in [5.41, 5.74) is 1.81. The predicted molar refractivity (Wildman–Crippen MR) is 127 cm³/mol. The monoisotopic (exact) mass is 469 g/mol. The third kappa shape index (κ3) is 5.47. The van der Waals surface area contributed by atoms with E-state index in [0.29, 0.717) is 37.6 Å². The molecule has 2 heterocycles. The normalized spacial score (nSPS) is 13.6. The van der Waals surface area contributed by atoms with E-state index in [4.69, 9.17) is 16.3 Å². The molecule has 2 amide bonds. The fraction of sp³-hybridized carbons (Fsp3) is 0.292. The van der Waals surface area contributed by atoms with Crippen LogP contribution in [0.3, 0.4) is 0 Å². The van der Waals surface area contributed by atoms with Crippen LogP contribution >= 0.6 is 22.9 Å². The maximum atomic E-state index is 12.9. The largest absolute Gasteiger partial charge is 0.486 e. The van der Waals surface area contributed by atoms with Gasteiger partial charge in [0, 0.05) is 29.4 Å². The van der Waals surface area contributed by atoms with Crippen LogP contribution < -0.4 is 10.1 Å². The lowest BCUT2D eigenvalue weighted by atomic mass is 10.1. The van der Waals surface area contributed by atoms with Gasteiger partial charge < -0.3 is 15.0 Å². The number of ether oxygens (including phenoxy) is 1. The summed E-state index contributed by atoms with van der Waals surface area (Å²) in [7, 11) is 0. The molecule has 4 rings (SSSR count). The first-order valence-corrected chi connectivity index (χ1v) is 11.7. The molecule has 0 aliphatic carbocycles. The molecular formula is C24H24ClN3O3S. The number of carbonyl (C=O) groups is 2. The fourth-order valence-electron chi connectivity index (χ4n) is 3.60. The first-order valence-electron chi connectivity index (χ1n) is 10.5. The minimum atomic E-state index is -0.250. The number of rotatable bonds is 6. The number of anilines is 1. The second kappa shape index (κ2) is 10.1. The van der Waals surface area contributed by atoms with Crippen LogP contribution in [-0.4, -0.2) is 34.8 Å². The number of hydrogen-bond donors (Lipinski definition) is 1. The third-order valence-corrected chi connectivity index (χ3v) is 6.62. The summed E-state index contributed by atoms with van der Waals surface area (Å²) < 4.78 is 5.73. The lowest BCUT2D eigenvalue weighted by molar-refractivity contribution is 0.0724. The number of hydrogen-bond acceptors (Lipinski definition) is 5. The number of aromatic nitrogens is 1. The average Bonchev–Trinajstić information content (AvgIpc) is 3.19. The van der Waals surface area contributed by atoms with Crippen LogP contribution in [0.15, 0.2) is 48.5 Å². The molecule has 0 unspecified atom stereocenters. The van der Waals surface area contributed by atoms with Crippen molar-refractivity contribution in [2.45, 2.75) is 32.8 Å². The molecular weight excluding hydrogens is 446 g/mol. The van der Waals surface area contributed by atoms with Gasteiger partial charge in [-0.15, -0.1) is 11.3 Å².